The molecule has 0 spiro atoms. The monoisotopic (exact) mass is 302 g/mol. The summed E-state index contributed by atoms with van der Waals surface area (Å²) in [6.45, 7) is 9.52. The van der Waals surface area contributed by atoms with Crippen LogP contribution in [0.25, 0.3) is 0 Å². The number of rotatable bonds is 4. The Morgan fingerprint density at radius 2 is 2.27 bits per heavy atom. The largest absolute Gasteiger partial charge is 0.492 e. The molecule has 22 heavy (non-hydrogen) atoms. The molecule has 1 unspecified atom stereocenters. The van der Waals surface area contributed by atoms with Crippen molar-refractivity contribution in [2.24, 2.45) is 4.99 Å². The topological polar surface area (TPSA) is 51.1 Å². The third kappa shape index (κ3) is 3.05. The van der Waals surface area contributed by atoms with E-state index in [1.807, 2.05) is 12.1 Å². The van der Waals surface area contributed by atoms with Crippen LogP contribution in [0.2, 0.25) is 0 Å². The highest BCUT2D eigenvalue weighted by Crippen LogP contribution is 2.23. The standard InChI is InChI=1S/C17H22N2O3/c1-4-19-11-17(2,3)22-10-13(19)9-21-14-5-6-15-12(7-14)8-18-16(15)20/h5-8,13H,4,9-11H2,1-3H3. The van der Waals surface area contributed by atoms with Crippen molar-refractivity contribution in [3.05, 3.63) is 29.3 Å². The molecule has 0 aromatic heterocycles. The van der Waals surface area contributed by atoms with E-state index in [0.717, 1.165) is 24.4 Å². The summed E-state index contributed by atoms with van der Waals surface area (Å²) in [7, 11) is 0. The average Bonchev–Trinajstić information content (AvgIpc) is 2.86. The second kappa shape index (κ2) is 5.82. The Hall–Kier alpha value is -1.72. The Labute approximate surface area is 130 Å². The first-order valence-corrected chi connectivity index (χ1v) is 7.72. The minimum Gasteiger partial charge on any atom is -0.492 e. The van der Waals surface area contributed by atoms with E-state index in [4.69, 9.17) is 9.47 Å². The Balaban J connectivity index is 1.63. The average molecular weight is 302 g/mol. The molecule has 0 saturated carbocycles. The molecular formula is C17H22N2O3. The molecule has 0 radical (unpaired) electrons. The molecule has 2 aliphatic rings. The molecule has 1 amide bonds. The molecule has 1 aromatic carbocycles. The summed E-state index contributed by atoms with van der Waals surface area (Å²) in [5, 5.41) is 0. The van der Waals surface area contributed by atoms with Crippen molar-refractivity contribution in [1.82, 2.24) is 4.90 Å². The van der Waals surface area contributed by atoms with E-state index in [9.17, 15) is 4.79 Å². The lowest BCUT2D eigenvalue weighted by Gasteiger charge is -2.43. The van der Waals surface area contributed by atoms with Gasteiger partial charge in [-0.2, -0.15) is 0 Å². The number of carbonyl (C=O) groups excluding carboxylic acids is 1. The van der Waals surface area contributed by atoms with Gasteiger partial charge in [0.1, 0.15) is 12.4 Å². The first-order chi connectivity index (χ1) is 10.5. The quantitative estimate of drug-likeness (QED) is 0.855. The van der Waals surface area contributed by atoms with Crippen molar-refractivity contribution in [2.45, 2.75) is 32.4 Å². The summed E-state index contributed by atoms with van der Waals surface area (Å²) in [5.74, 6) is 0.586. The van der Waals surface area contributed by atoms with Crippen LogP contribution in [0, 0.1) is 0 Å². The third-order valence-electron chi connectivity index (χ3n) is 4.19. The van der Waals surface area contributed by atoms with Crippen LogP contribution >= 0.6 is 0 Å². The van der Waals surface area contributed by atoms with Crippen LogP contribution in [0.5, 0.6) is 5.75 Å². The van der Waals surface area contributed by atoms with Crippen molar-refractivity contribution >= 4 is 12.1 Å². The van der Waals surface area contributed by atoms with Crippen LogP contribution in [0.3, 0.4) is 0 Å². The van der Waals surface area contributed by atoms with Gasteiger partial charge in [-0.15, -0.1) is 0 Å². The number of hydrogen-bond acceptors (Lipinski definition) is 4. The molecular weight excluding hydrogens is 280 g/mol. The van der Waals surface area contributed by atoms with Gasteiger partial charge in [0.05, 0.1) is 23.8 Å². The van der Waals surface area contributed by atoms with Gasteiger partial charge >= 0.3 is 0 Å². The van der Waals surface area contributed by atoms with E-state index in [-0.39, 0.29) is 17.6 Å². The van der Waals surface area contributed by atoms with Gasteiger partial charge in [0.15, 0.2) is 0 Å². The van der Waals surface area contributed by atoms with Gasteiger partial charge in [-0.05, 0) is 38.6 Å². The van der Waals surface area contributed by atoms with Gasteiger partial charge in [-0.3, -0.25) is 9.69 Å². The van der Waals surface area contributed by atoms with Gasteiger partial charge in [-0.25, -0.2) is 4.99 Å². The van der Waals surface area contributed by atoms with Crippen molar-refractivity contribution in [2.75, 3.05) is 26.3 Å². The maximum atomic E-state index is 11.5. The summed E-state index contributed by atoms with van der Waals surface area (Å²) in [6, 6.07) is 5.72. The molecule has 5 nitrogen and oxygen atoms in total. The van der Waals surface area contributed by atoms with E-state index < -0.39 is 0 Å². The van der Waals surface area contributed by atoms with E-state index in [0.29, 0.717) is 18.8 Å². The molecule has 5 heteroatoms. The number of hydrogen-bond donors (Lipinski definition) is 0. The van der Waals surface area contributed by atoms with Gasteiger partial charge in [-0.1, -0.05) is 6.92 Å². The summed E-state index contributed by atoms with van der Waals surface area (Å²) in [4.78, 5) is 17.6. The fourth-order valence-electron chi connectivity index (χ4n) is 2.94. The molecule has 118 valence electrons. The number of amides is 1. The molecule has 1 atom stereocenters. The van der Waals surface area contributed by atoms with Gasteiger partial charge in [0.25, 0.3) is 5.91 Å². The van der Waals surface area contributed by atoms with Crippen LogP contribution in [0.1, 0.15) is 36.7 Å². The lowest BCUT2D eigenvalue weighted by molar-refractivity contribution is -0.120. The fourth-order valence-corrected chi connectivity index (χ4v) is 2.94. The molecule has 0 bridgehead atoms. The van der Waals surface area contributed by atoms with E-state index in [1.165, 1.54) is 0 Å². The van der Waals surface area contributed by atoms with E-state index in [2.05, 4.69) is 30.7 Å². The lowest BCUT2D eigenvalue weighted by Crippen LogP contribution is -2.55. The minimum atomic E-state index is -0.179. The van der Waals surface area contributed by atoms with Gasteiger partial charge in [0, 0.05) is 18.3 Å². The Bertz CT molecular complexity index is 610. The summed E-state index contributed by atoms with van der Waals surface area (Å²) < 4.78 is 11.8. The van der Waals surface area contributed by atoms with Crippen LogP contribution in [-0.4, -0.2) is 55.0 Å². The SMILES string of the molecule is CCN1CC(C)(C)OCC1COc1ccc2c(c1)C=NC2=O. The second-order valence-corrected chi connectivity index (χ2v) is 6.41. The summed E-state index contributed by atoms with van der Waals surface area (Å²) >= 11 is 0. The smallest absolute Gasteiger partial charge is 0.277 e. The Morgan fingerprint density at radius 1 is 1.45 bits per heavy atom. The van der Waals surface area contributed by atoms with Crippen LogP contribution in [-0.2, 0) is 4.74 Å². The van der Waals surface area contributed by atoms with Gasteiger partial charge < -0.3 is 9.47 Å². The van der Waals surface area contributed by atoms with E-state index >= 15 is 0 Å². The van der Waals surface area contributed by atoms with Crippen molar-refractivity contribution in [1.29, 1.82) is 0 Å². The van der Waals surface area contributed by atoms with E-state index in [1.54, 1.807) is 12.3 Å². The number of fused-ring (bicyclic) bond motifs is 1. The second-order valence-electron chi connectivity index (χ2n) is 6.41. The van der Waals surface area contributed by atoms with Crippen molar-refractivity contribution < 1.29 is 14.3 Å². The van der Waals surface area contributed by atoms with Crippen LogP contribution in [0.15, 0.2) is 23.2 Å². The number of morpholine rings is 1. The van der Waals surface area contributed by atoms with Gasteiger partial charge in [0.2, 0.25) is 0 Å². The number of nitrogens with zero attached hydrogens (tertiary/aromatic N) is 2. The number of carbonyl (C=O) groups is 1. The zero-order chi connectivity index (χ0) is 15.7. The maximum Gasteiger partial charge on any atom is 0.277 e. The molecule has 2 aliphatic heterocycles. The minimum absolute atomic E-state index is 0.100. The summed E-state index contributed by atoms with van der Waals surface area (Å²) in [5.41, 5.74) is 1.37. The first kappa shape index (κ1) is 15.2. The Morgan fingerprint density at radius 3 is 3.05 bits per heavy atom. The molecule has 1 saturated heterocycles. The number of benzene rings is 1. The number of aliphatic imine (C=N–C) groups is 1. The molecule has 0 N–H and O–H groups in total. The lowest BCUT2D eigenvalue weighted by atomic mass is 10.0. The predicted octanol–water partition coefficient (Wildman–Crippen LogP) is 2.14. The molecule has 0 aliphatic carbocycles. The predicted molar refractivity (Wildman–Crippen MR) is 84.9 cm³/mol. The zero-order valence-electron chi connectivity index (χ0n) is 13.3. The number of ether oxygens (including phenoxy) is 2. The van der Waals surface area contributed by atoms with Crippen molar-refractivity contribution in [3.63, 3.8) is 0 Å². The normalized spacial score (nSPS) is 23.6. The maximum absolute atomic E-state index is 11.5. The highest BCUT2D eigenvalue weighted by atomic mass is 16.5. The Kier molecular flexibility index (Phi) is 4.02. The first-order valence-electron chi connectivity index (χ1n) is 7.72. The molecule has 3 rings (SSSR count). The highest BCUT2D eigenvalue weighted by molar-refractivity contribution is 6.13. The third-order valence-corrected chi connectivity index (χ3v) is 4.19. The fraction of sp³-hybridized carbons (Fsp3) is 0.529. The highest BCUT2D eigenvalue weighted by Gasteiger charge is 2.33. The zero-order valence-corrected chi connectivity index (χ0v) is 13.3. The van der Waals surface area contributed by atoms with Crippen LogP contribution < -0.4 is 4.74 Å². The van der Waals surface area contributed by atoms with Crippen LogP contribution in [0.4, 0.5) is 0 Å². The molecule has 1 aromatic rings. The summed E-state index contributed by atoms with van der Waals surface area (Å²) in [6.07, 6.45) is 1.59. The van der Waals surface area contributed by atoms with Crippen molar-refractivity contribution in [3.8, 4) is 5.75 Å². The number of likely N-dealkylation sites (N-methyl/N-ethyl adjacent to an activating group) is 1. The molecule has 2 heterocycles. The molecule has 1 fully saturated rings.